The normalized spacial score (nSPS) is 11.2. The van der Waals surface area contributed by atoms with Crippen molar-refractivity contribution in [2.75, 3.05) is 5.75 Å². The Labute approximate surface area is 154 Å². The number of fused-ring (bicyclic) bond motifs is 1. The second-order valence-corrected chi connectivity index (χ2v) is 7.08. The number of H-pyrrole nitrogens is 1. The number of thioether (sulfide) groups is 1. The van der Waals surface area contributed by atoms with Gasteiger partial charge < -0.3 is 4.98 Å². The summed E-state index contributed by atoms with van der Waals surface area (Å²) in [7, 11) is 0. The van der Waals surface area contributed by atoms with Crippen LogP contribution in [-0.2, 0) is 6.54 Å². The number of carbonyl (C=O) groups excluding carboxylic acids is 1. The van der Waals surface area contributed by atoms with E-state index in [1.165, 1.54) is 36.0 Å². The lowest BCUT2D eigenvalue weighted by Gasteiger charge is -2.11. The van der Waals surface area contributed by atoms with Crippen LogP contribution in [0.5, 0.6) is 0 Å². The van der Waals surface area contributed by atoms with E-state index < -0.39 is 0 Å². The Kier molecular flexibility index (Phi) is 5.56. The van der Waals surface area contributed by atoms with Gasteiger partial charge in [-0.1, -0.05) is 25.1 Å². The fourth-order valence-corrected chi connectivity index (χ4v) is 3.60. The number of nitrogens with zero attached hydrogens (tertiary/aromatic N) is 2. The molecule has 7 heteroatoms. The number of unbranched alkanes of at least 4 members (excludes halogenated alkanes) is 1. The Morgan fingerprint density at radius 1 is 1.31 bits per heavy atom. The van der Waals surface area contributed by atoms with Crippen molar-refractivity contribution in [3.63, 3.8) is 0 Å². The number of nitrogens with one attached hydrogen (secondary N) is 1. The molecule has 1 aromatic carbocycles. The summed E-state index contributed by atoms with van der Waals surface area (Å²) in [6, 6.07) is 7.29. The van der Waals surface area contributed by atoms with Crippen molar-refractivity contribution in [1.82, 2.24) is 14.5 Å². The smallest absolute Gasteiger partial charge is 0.278 e. The fourth-order valence-electron chi connectivity index (χ4n) is 2.68. The first-order valence-corrected chi connectivity index (χ1v) is 9.50. The van der Waals surface area contributed by atoms with E-state index in [-0.39, 0.29) is 22.9 Å². The van der Waals surface area contributed by atoms with Gasteiger partial charge in [-0.2, -0.15) is 0 Å². The summed E-state index contributed by atoms with van der Waals surface area (Å²) in [6.45, 7) is 4.49. The van der Waals surface area contributed by atoms with Gasteiger partial charge in [0, 0.05) is 17.8 Å². The molecule has 0 aliphatic heterocycles. The number of hydrogen-bond donors (Lipinski definition) is 1. The summed E-state index contributed by atoms with van der Waals surface area (Å²) in [4.78, 5) is 32.7. The highest BCUT2D eigenvalue weighted by Gasteiger charge is 2.15. The van der Waals surface area contributed by atoms with E-state index in [4.69, 9.17) is 0 Å². The highest BCUT2D eigenvalue weighted by atomic mass is 32.2. The second-order valence-electron chi connectivity index (χ2n) is 6.14. The first kappa shape index (κ1) is 18.4. The standard InChI is InChI=1S/C19H20FN3O2S/c1-3-4-9-23-18(25)17-15(10-12(2)21-17)22-19(23)26-11-16(24)13-5-7-14(20)8-6-13/h5-8,10,21H,3-4,9,11H2,1-2H3. The maximum atomic E-state index is 13.0. The van der Waals surface area contributed by atoms with Crippen LogP contribution >= 0.6 is 11.8 Å². The molecular weight excluding hydrogens is 353 g/mol. The van der Waals surface area contributed by atoms with Crippen LogP contribution in [0.4, 0.5) is 4.39 Å². The van der Waals surface area contributed by atoms with E-state index in [1.54, 1.807) is 4.57 Å². The zero-order chi connectivity index (χ0) is 18.7. The van der Waals surface area contributed by atoms with Crippen molar-refractivity contribution in [2.45, 2.75) is 38.4 Å². The van der Waals surface area contributed by atoms with Crippen molar-refractivity contribution in [1.29, 1.82) is 0 Å². The number of halogens is 1. The third-order valence-electron chi connectivity index (χ3n) is 4.07. The molecule has 0 radical (unpaired) electrons. The van der Waals surface area contributed by atoms with Gasteiger partial charge in [0.1, 0.15) is 11.3 Å². The van der Waals surface area contributed by atoms with Gasteiger partial charge in [0.05, 0.1) is 11.3 Å². The molecule has 2 aromatic heterocycles. The molecule has 136 valence electrons. The van der Waals surface area contributed by atoms with Gasteiger partial charge in [-0.25, -0.2) is 9.37 Å². The van der Waals surface area contributed by atoms with Crippen LogP contribution < -0.4 is 5.56 Å². The monoisotopic (exact) mass is 373 g/mol. The number of aromatic nitrogens is 3. The largest absolute Gasteiger partial charge is 0.353 e. The number of carbonyl (C=O) groups is 1. The summed E-state index contributed by atoms with van der Waals surface area (Å²) < 4.78 is 14.6. The molecule has 0 saturated carbocycles. The van der Waals surface area contributed by atoms with Gasteiger partial charge in [0.15, 0.2) is 10.9 Å². The molecule has 0 aliphatic carbocycles. The average Bonchev–Trinajstić information content (AvgIpc) is 3.00. The molecule has 3 rings (SSSR count). The minimum atomic E-state index is -0.377. The summed E-state index contributed by atoms with van der Waals surface area (Å²) in [5.41, 5.74) is 2.30. The van der Waals surface area contributed by atoms with Crippen LogP contribution in [0.15, 0.2) is 40.3 Å². The number of Topliss-reactive ketones (excluding diaryl/α,β-unsaturated/α-hetero) is 1. The number of aromatic amines is 1. The van der Waals surface area contributed by atoms with E-state index in [0.717, 1.165) is 18.5 Å². The van der Waals surface area contributed by atoms with Gasteiger partial charge in [-0.3, -0.25) is 14.2 Å². The van der Waals surface area contributed by atoms with Crippen molar-refractivity contribution in [3.8, 4) is 0 Å². The number of benzene rings is 1. The van der Waals surface area contributed by atoms with E-state index >= 15 is 0 Å². The molecule has 2 heterocycles. The molecule has 3 aromatic rings. The Hall–Kier alpha value is -2.41. The van der Waals surface area contributed by atoms with Gasteiger partial charge >= 0.3 is 0 Å². The zero-order valence-electron chi connectivity index (χ0n) is 14.7. The predicted molar refractivity (Wildman–Crippen MR) is 101 cm³/mol. The number of ketones is 1. The van der Waals surface area contributed by atoms with E-state index in [0.29, 0.717) is 28.3 Å². The van der Waals surface area contributed by atoms with Gasteiger partial charge in [-0.15, -0.1) is 0 Å². The molecule has 5 nitrogen and oxygen atoms in total. The fraction of sp³-hybridized carbons (Fsp3) is 0.316. The van der Waals surface area contributed by atoms with Crippen LogP contribution in [0.3, 0.4) is 0 Å². The molecule has 0 atom stereocenters. The summed E-state index contributed by atoms with van der Waals surface area (Å²) >= 11 is 1.24. The lowest BCUT2D eigenvalue weighted by atomic mass is 10.1. The molecular formula is C19H20FN3O2S. The molecule has 0 bridgehead atoms. The summed E-state index contributed by atoms with van der Waals surface area (Å²) in [6.07, 6.45) is 1.80. The van der Waals surface area contributed by atoms with Crippen LogP contribution in [0.1, 0.15) is 35.8 Å². The van der Waals surface area contributed by atoms with E-state index in [2.05, 4.69) is 16.9 Å². The molecule has 0 amide bonds. The zero-order valence-corrected chi connectivity index (χ0v) is 15.5. The molecule has 0 saturated heterocycles. The minimum absolute atomic E-state index is 0.117. The summed E-state index contributed by atoms with van der Waals surface area (Å²) in [5, 5.41) is 0.533. The average molecular weight is 373 g/mol. The molecule has 1 N–H and O–H groups in total. The number of aryl methyl sites for hydroxylation is 1. The van der Waals surface area contributed by atoms with E-state index in [1.807, 2.05) is 13.0 Å². The summed E-state index contributed by atoms with van der Waals surface area (Å²) in [5.74, 6) is -0.367. The maximum absolute atomic E-state index is 13.0. The predicted octanol–water partition coefficient (Wildman–Crippen LogP) is 3.95. The highest BCUT2D eigenvalue weighted by Crippen LogP contribution is 2.20. The minimum Gasteiger partial charge on any atom is -0.353 e. The lowest BCUT2D eigenvalue weighted by Crippen LogP contribution is -2.24. The van der Waals surface area contributed by atoms with Gasteiger partial charge in [0.2, 0.25) is 0 Å². The van der Waals surface area contributed by atoms with Crippen LogP contribution in [0, 0.1) is 12.7 Å². The lowest BCUT2D eigenvalue weighted by molar-refractivity contribution is 0.102. The van der Waals surface area contributed by atoms with Gasteiger partial charge in [-0.05, 0) is 43.7 Å². The number of rotatable bonds is 7. The Bertz CT molecular complexity index is 992. The molecule has 0 fully saturated rings. The molecule has 0 spiro atoms. The van der Waals surface area contributed by atoms with Crippen LogP contribution in [0.2, 0.25) is 0 Å². The third-order valence-corrected chi connectivity index (χ3v) is 5.05. The van der Waals surface area contributed by atoms with E-state index in [9.17, 15) is 14.0 Å². The highest BCUT2D eigenvalue weighted by molar-refractivity contribution is 7.99. The van der Waals surface area contributed by atoms with Crippen molar-refractivity contribution in [2.24, 2.45) is 0 Å². The van der Waals surface area contributed by atoms with Crippen molar-refractivity contribution < 1.29 is 9.18 Å². The van der Waals surface area contributed by atoms with Crippen molar-refractivity contribution >= 4 is 28.6 Å². The molecule has 0 unspecified atom stereocenters. The topological polar surface area (TPSA) is 67.8 Å². The number of hydrogen-bond acceptors (Lipinski definition) is 4. The third kappa shape index (κ3) is 3.88. The molecule has 0 aliphatic rings. The first-order valence-electron chi connectivity index (χ1n) is 8.51. The SMILES string of the molecule is CCCCn1c(SCC(=O)c2ccc(F)cc2)nc2cc(C)[nH]c2c1=O. The van der Waals surface area contributed by atoms with Crippen molar-refractivity contribution in [3.05, 3.63) is 57.8 Å². The first-order chi connectivity index (χ1) is 12.5. The van der Waals surface area contributed by atoms with Crippen LogP contribution in [0.25, 0.3) is 11.0 Å². The Morgan fingerprint density at radius 2 is 2.04 bits per heavy atom. The Balaban J connectivity index is 1.88. The quantitative estimate of drug-likeness (QED) is 0.387. The maximum Gasteiger partial charge on any atom is 0.278 e. The second kappa shape index (κ2) is 7.86. The van der Waals surface area contributed by atoms with Crippen LogP contribution in [-0.4, -0.2) is 26.1 Å². The molecule has 26 heavy (non-hydrogen) atoms. The Morgan fingerprint density at radius 3 is 2.73 bits per heavy atom. The van der Waals surface area contributed by atoms with Gasteiger partial charge in [0.25, 0.3) is 5.56 Å².